The largest absolute Gasteiger partial charge is 0.456 e. The monoisotopic (exact) mass is 680 g/mol. The number of rotatable bonds is 3. The van der Waals surface area contributed by atoms with Crippen LogP contribution in [0.3, 0.4) is 0 Å². The van der Waals surface area contributed by atoms with Gasteiger partial charge in [0.05, 0.1) is 32.5 Å². The minimum atomic E-state index is 0.916. The summed E-state index contributed by atoms with van der Waals surface area (Å²) in [6, 6.07) is 61.8. The SMILES string of the molecule is c1ccc2c(c1)oc1cc(-c3ccc4c(c3)c3ccccc3n4-c3ccc4sc5c(-n6c7ccccc7c7ccccc76)cccc5c4c3)ccc12. The molecule has 12 aromatic rings. The van der Waals surface area contributed by atoms with Gasteiger partial charge in [0.15, 0.2) is 0 Å². The van der Waals surface area contributed by atoms with Gasteiger partial charge in [0, 0.05) is 53.5 Å². The van der Waals surface area contributed by atoms with Gasteiger partial charge in [-0.05, 0) is 83.9 Å². The number of furan rings is 1. The molecule has 0 unspecified atom stereocenters. The van der Waals surface area contributed by atoms with E-state index in [0.717, 1.165) is 33.2 Å². The van der Waals surface area contributed by atoms with Gasteiger partial charge in [0.2, 0.25) is 0 Å². The summed E-state index contributed by atoms with van der Waals surface area (Å²) in [6.07, 6.45) is 0. The Kier molecular flexibility index (Phi) is 5.65. The number of hydrogen-bond acceptors (Lipinski definition) is 2. The van der Waals surface area contributed by atoms with Crippen LogP contribution < -0.4 is 0 Å². The van der Waals surface area contributed by atoms with Gasteiger partial charge in [0.1, 0.15) is 11.2 Å². The molecule has 0 amide bonds. The first kappa shape index (κ1) is 28.1. The second-order valence-electron chi connectivity index (χ2n) is 13.7. The molecule has 242 valence electrons. The fraction of sp³-hybridized carbons (Fsp3) is 0. The van der Waals surface area contributed by atoms with Gasteiger partial charge in [-0.2, -0.15) is 0 Å². The molecule has 4 heterocycles. The smallest absolute Gasteiger partial charge is 0.136 e. The molecule has 8 aromatic carbocycles. The predicted octanol–water partition coefficient (Wildman–Crippen LogP) is 13.8. The summed E-state index contributed by atoms with van der Waals surface area (Å²) in [5.74, 6) is 0. The van der Waals surface area contributed by atoms with E-state index in [9.17, 15) is 0 Å². The van der Waals surface area contributed by atoms with Crippen molar-refractivity contribution in [2.24, 2.45) is 0 Å². The van der Waals surface area contributed by atoms with Crippen molar-refractivity contribution in [1.82, 2.24) is 9.13 Å². The molecule has 0 radical (unpaired) electrons. The van der Waals surface area contributed by atoms with Crippen LogP contribution >= 0.6 is 11.3 Å². The maximum absolute atomic E-state index is 6.25. The Labute approximate surface area is 301 Å². The minimum absolute atomic E-state index is 0.916. The van der Waals surface area contributed by atoms with Gasteiger partial charge in [-0.25, -0.2) is 0 Å². The first-order valence-electron chi connectivity index (χ1n) is 17.7. The molecule has 4 aromatic heterocycles. The van der Waals surface area contributed by atoms with Gasteiger partial charge in [-0.3, -0.25) is 0 Å². The summed E-state index contributed by atoms with van der Waals surface area (Å²) in [5.41, 5.74) is 11.4. The quantitative estimate of drug-likeness (QED) is 0.182. The molecular formula is C48H28N2OS. The molecule has 0 aliphatic heterocycles. The molecule has 52 heavy (non-hydrogen) atoms. The first-order valence-corrected chi connectivity index (χ1v) is 18.5. The van der Waals surface area contributed by atoms with Crippen molar-refractivity contribution < 1.29 is 4.42 Å². The molecule has 0 fully saturated rings. The number of benzene rings is 8. The number of hydrogen-bond donors (Lipinski definition) is 0. The van der Waals surface area contributed by atoms with E-state index in [1.807, 2.05) is 23.5 Å². The van der Waals surface area contributed by atoms with Gasteiger partial charge in [-0.1, -0.05) is 97.1 Å². The van der Waals surface area contributed by atoms with E-state index in [2.05, 4.69) is 167 Å². The molecule has 4 heteroatoms. The maximum Gasteiger partial charge on any atom is 0.136 e. The zero-order chi connectivity index (χ0) is 33.9. The lowest BCUT2D eigenvalue weighted by Crippen LogP contribution is -1.94. The highest BCUT2D eigenvalue weighted by atomic mass is 32.1. The topological polar surface area (TPSA) is 23.0 Å². The first-order chi connectivity index (χ1) is 25.8. The van der Waals surface area contributed by atoms with E-state index in [1.165, 1.54) is 75.0 Å². The molecule has 3 nitrogen and oxygen atoms in total. The molecule has 0 aliphatic rings. The van der Waals surface area contributed by atoms with Gasteiger partial charge in [0.25, 0.3) is 0 Å². The van der Waals surface area contributed by atoms with E-state index in [0.29, 0.717) is 0 Å². The van der Waals surface area contributed by atoms with Crippen molar-refractivity contribution in [2.75, 3.05) is 0 Å². The maximum atomic E-state index is 6.25. The lowest BCUT2D eigenvalue weighted by atomic mass is 10.0. The molecule has 0 N–H and O–H groups in total. The molecule has 12 rings (SSSR count). The van der Waals surface area contributed by atoms with Crippen LogP contribution in [0.4, 0.5) is 0 Å². The van der Waals surface area contributed by atoms with Crippen LogP contribution in [0.5, 0.6) is 0 Å². The van der Waals surface area contributed by atoms with Crippen molar-refractivity contribution >= 4 is 97.1 Å². The summed E-state index contributed by atoms with van der Waals surface area (Å²) in [4.78, 5) is 0. The fourth-order valence-corrected chi connectivity index (χ4v) is 9.79. The van der Waals surface area contributed by atoms with Crippen LogP contribution in [0.2, 0.25) is 0 Å². The van der Waals surface area contributed by atoms with Crippen LogP contribution in [0, 0.1) is 0 Å². The zero-order valence-corrected chi connectivity index (χ0v) is 28.7. The number of nitrogens with zero attached hydrogens (tertiary/aromatic N) is 2. The number of fused-ring (bicyclic) bond motifs is 12. The fourth-order valence-electron chi connectivity index (χ4n) is 8.60. The molecule has 0 spiro atoms. The molecule has 0 bridgehead atoms. The van der Waals surface area contributed by atoms with Crippen molar-refractivity contribution in [3.05, 3.63) is 170 Å². The van der Waals surface area contributed by atoms with E-state index in [4.69, 9.17) is 4.42 Å². The lowest BCUT2D eigenvalue weighted by molar-refractivity contribution is 0.669. The Morgan fingerprint density at radius 1 is 0.365 bits per heavy atom. The Morgan fingerprint density at radius 3 is 1.75 bits per heavy atom. The van der Waals surface area contributed by atoms with Crippen LogP contribution in [0.25, 0.3) is 108 Å². The molecule has 0 atom stereocenters. The third-order valence-corrected chi connectivity index (χ3v) is 12.1. The van der Waals surface area contributed by atoms with Crippen molar-refractivity contribution in [3.63, 3.8) is 0 Å². The third-order valence-electron chi connectivity index (χ3n) is 10.9. The highest BCUT2D eigenvalue weighted by molar-refractivity contribution is 7.26. The van der Waals surface area contributed by atoms with Crippen LogP contribution in [0.15, 0.2) is 174 Å². The Balaban J connectivity index is 1.04. The molecular weight excluding hydrogens is 653 g/mol. The Hall–Kier alpha value is -6.62. The highest BCUT2D eigenvalue weighted by Crippen LogP contribution is 2.43. The second-order valence-corrected chi connectivity index (χ2v) is 14.8. The number of para-hydroxylation sites is 4. The second kappa shape index (κ2) is 10.5. The van der Waals surface area contributed by atoms with E-state index in [1.54, 1.807) is 0 Å². The standard InChI is InChI=1S/C48H28N2OS/c1-6-16-41-32(10-1)33-11-2-7-17-42(33)50(41)44-18-9-14-37-39-28-31(22-25-47(39)52-48(37)44)49-40-15-5-3-12-34(40)38-26-29(21-24-43(38)49)30-20-23-36-35-13-4-8-19-45(35)51-46(36)27-30/h1-28H. The van der Waals surface area contributed by atoms with Crippen molar-refractivity contribution in [3.8, 4) is 22.5 Å². The minimum Gasteiger partial charge on any atom is -0.456 e. The van der Waals surface area contributed by atoms with Gasteiger partial charge in [-0.15, -0.1) is 11.3 Å². The summed E-state index contributed by atoms with van der Waals surface area (Å²) >= 11 is 1.88. The van der Waals surface area contributed by atoms with Crippen LogP contribution in [-0.2, 0) is 0 Å². The summed E-state index contributed by atoms with van der Waals surface area (Å²) in [6.45, 7) is 0. The molecule has 0 aliphatic carbocycles. The Bertz CT molecular complexity index is 3370. The summed E-state index contributed by atoms with van der Waals surface area (Å²) < 4.78 is 13.7. The van der Waals surface area contributed by atoms with E-state index < -0.39 is 0 Å². The lowest BCUT2D eigenvalue weighted by Gasteiger charge is -2.10. The summed E-state index contributed by atoms with van der Waals surface area (Å²) in [5, 5.41) is 9.91. The average molecular weight is 681 g/mol. The van der Waals surface area contributed by atoms with Gasteiger partial charge < -0.3 is 13.6 Å². The van der Waals surface area contributed by atoms with E-state index >= 15 is 0 Å². The van der Waals surface area contributed by atoms with Crippen LogP contribution in [0.1, 0.15) is 0 Å². The normalized spacial score (nSPS) is 12.2. The summed E-state index contributed by atoms with van der Waals surface area (Å²) in [7, 11) is 0. The van der Waals surface area contributed by atoms with Crippen LogP contribution in [-0.4, -0.2) is 9.13 Å². The number of aromatic nitrogens is 2. The third kappa shape index (κ3) is 3.84. The zero-order valence-electron chi connectivity index (χ0n) is 27.9. The molecule has 0 saturated carbocycles. The van der Waals surface area contributed by atoms with Crippen molar-refractivity contribution in [2.45, 2.75) is 0 Å². The van der Waals surface area contributed by atoms with E-state index in [-0.39, 0.29) is 0 Å². The highest BCUT2D eigenvalue weighted by Gasteiger charge is 2.18. The number of thiophene rings is 1. The Morgan fingerprint density at radius 2 is 0.962 bits per heavy atom. The predicted molar refractivity (Wildman–Crippen MR) is 221 cm³/mol. The van der Waals surface area contributed by atoms with Gasteiger partial charge >= 0.3 is 0 Å². The average Bonchev–Trinajstić information content (AvgIpc) is 3.95. The molecule has 0 saturated heterocycles. The van der Waals surface area contributed by atoms with Crippen molar-refractivity contribution in [1.29, 1.82) is 0 Å².